The van der Waals surface area contributed by atoms with Crippen LogP contribution in [0.1, 0.15) is 33.1 Å². The van der Waals surface area contributed by atoms with Crippen molar-refractivity contribution in [2.45, 2.75) is 45.1 Å². The van der Waals surface area contributed by atoms with Gasteiger partial charge in [-0.25, -0.2) is 9.78 Å². The summed E-state index contributed by atoms with van der Waals surface area (Å²) in [4.78, 5) is 21.0. The van der Waals surface area contributed by atoms with E-state index in [1.807, 2.05) is 0 Å². The van der Waals surface area contributed by atoms with Crippen LogP contribution in [0.25, 0.3) is 11.4 Å². The third-order valence-corrected chi connectivity index (χ3v) is 3.75. The van der Waals surface area contributed by atoms with Crippen molar-refractivity contribution < 1.29 is 32.0 Å². The Morgan fingerprint density at radius 2 is 2.04 bits per heavy atom. The maximum atomic E-state index is 12.5. The van der Waals surface area contributed by atoms with E-state index in [-0.39, 0.29) is 23.4 Å². The van der Waals surface area contributed by atoms with Crippen molar-refractivity contribution in [2.24, 2.45) is 0 Å². The zero-order valence-corrected chi connectivity index (χ0v) is 15.5. The molecule has 3 rings (SSSR count). The predicted molar refractivity (Wildman–Crippen MR) is 89.4 cm³/mol. The number of halogens is 3. The number of hydrogen-bond donors (Lipinski definition) is 0. The molecule has 1 atom stereocenters. The Morgan fingerprint density at radius 3 is 2.61 bits per heavy atom. The van der Waals surface area contributed by atoms with Crippen molar-refractivity contribution in [3.63, 3.8) is 0 Å². The van der Waals surface area contributed by atoms with Crippen LogP contribution < -0.4 is 4.74 Å². The Hall–Kier alpha value is -2.85. The van der Waals surface area contributed by atoms with Crippen LogP contribution in [0.3, 0.4) is 0 Å². The highest BCUT2D eigenvalue weighted by atomic mass is 19.4. The van der Waals surface area contributed by atoms with Gasteiger partial charge < -0.3 is 18.9 Å². The van der Waals surface area contributed by atoms with Crippen molar-refractivity contribution in [1.29, 1.82) is 0 Å². The summed E-state index contributed by atoms with van der Waals surface area (Å²) in [6.45, 7) is 6.24. The summed E-state index contributed by atoms with van der Waals surface area (Å²) in [6, 6.07) is 2.98. The predicted octanol–water partition coefficient (Wildman–Crippen LogP) is 3.54. The molecule has 11 heteroatoms. The largest absolute Gasteiger partial charge is 0.472 e. The van der Waals surface area contributed by atoms with Crippen LogP contribution in [-0.4, -0.2) is 50.9 Å². The van der Waals surface area contributed by atoms with Crippen LogP contribution >= 0.6 is 0 Å². The molecule has 3 heterocycles. The third-order valence-electron chi connectivity index (χ3n) is 3.75. The van der Waals surface area contributed by atoms with Crippen LogP contribution in [0.2, 0.25) is 0 Å². The molecule has 0 radical (unpaired) electrons. The van der Waals surface area contributed by atoms with E-state index in [4.69, 9.17) is 9.47 Å². The second kappa shape index (κ2) is 7.28. The van der Waals surface area contributed by atoms with Gasteiger partial charge in [0.05, 0.1) is 6.54 Å². The number of likely N-dealkylation sites (tertiary alicyclic amines) is 1. The van der Waals surface area contributed by atoms with Gasteiger partial charge in [-0.2, -0.15) is 18.2 Å². The number of aromatic nitrogens is 3. The zero-order chi connectivity index (χ0) is 20.5. The second-order valence-corrected chi connectivity index (χ2v) is 7.26. The standard InChI is InChI=1S/C17H19F3N4O4/c1-16(2,3)27-15(25)24-7-6-11(9-24)26-12-5-4-10(8-21-12)13-22-14(28-23-13)17(18,19)20/h4-5,8,11H,6-7,9H2,1-3H3/t11-/m1/s1. The van der Waals surface area contributed by atoms with Crippen molar-refractivity contribution in [3.05, 3.63) is 24.2 Å². The minimum Gasteiger partial charge on any atom is -0.472 e. The van der Waals surface area contributed by atoms with Gasteiger partial charge >= 0.3 is 18.2 Å². The second-order valence-electron chi connectivity index (χ2n) is 7.26. The number of alkyl halides is 3. The molecule has 152 valence electrons. The van der Waals surface area contributed by atoms with E-state index in [1.54, 1.807) is 25.7 Å². The summed E-state index contributed by atoms with van der Waals surface area (Å²) in [7, 11) is 0. The van der Waals surface area contributed by atoms with Gasteiger partial charge in [0, 0.05) is 30.8 Å². The minimum atomic E-state index is -4.70. The fraction of sp³-hybridized carbons (Fsp3) is 0.529. The molecule has 1 aliphatic rings. The van der Waals surface area contributed by atoms with Gasteiger partial charge in [0.15, 0.2) is 0 Å². The van der Waals surface area contributed by atoms with E-state index in [0.29, 0.717) is 19.5 Å². The van der Waals surface area contributed by atoms with Crippen molar-refractivity contribution in [3.8, 4) is 17.3 Å². The molecule has 0 N–H and O–H groups in total. The van der Waals surface area contributed by atoms with Crippen LogP contribution in [0.5, 0.6) is 5.88 Å². The van der Waals surface area contributed by atoms with E-state index < -0.39 is 23.8 Å². The molecular weight excluding hydrogens is 381 g/mol. The first-order valence-corrected chi connectivity index (χ1v) is 8.53. The topological polar surface area (TPSA) is 90.6 Å². The molecule has 2 aromatic heterocycles. The van der Waals surface area contributed by atoms with Gasteiger partial charge in [-0.05, 0) is 26.8 Å². The van der Waals surface area contributed by atoms with E-state index in [0.717, 1.165) is 0 Å². The van der Waals surface area contributed by atoms with Crippen molar-refractivity contribution >= 4 is 6.09 Å². The maximum Gasteiger partial charge on any atom is 0.471 e. The van der Waals surface area contributed by atoms with E-state index in [9.17, 15) is 18.0 Å². The Kier molecular flexibility index (Phi) is 5.18. The van der Waals surface area contributed by atoms with Crippen LogP contribution in [0.15, 0.2) is 22.9 Å². The highest BCUT2D eigenvalue weighted by Crippen LogP contribution is 2.29. The molecule has 1 aliphatic heterocycles. The molecule has 0 saturated carbocycles. The molecule has 0 spiro atoms. The molecular formula is C17H19F3N4O4. The maximum absolute atomic E-state index is 12.5. The van der Waals surface area contributed by atoms with Crippen LogP contribution in [0, 0.1) is 0 Å². The third kappa shape index (κ3) is 4.90. The highest BCUT2D eigenvalue weighted by molar-refractivity contribution is 5.68. The fourth-order valence-corrected chi connectivity index (χ4v) is 2.53. The Bertz CT molecular complexity index is 830. The molecule has 1 saturated heterocycles. The van der Waals surface area contributed by atoms with Crippen molar-refractivity contribution in [1.82, 2.24) is 20.0 Å². The number of carbonyl (C=O) groups excluding carboxylic acids is 1. The number of hydrogen-bond acceptors (Lipinski definition) is 7. The normalized spacial score (nSPS) is 17.6. The molecule has 8 nitrogen and oxygen atoms in total. The van der Waals surface area contributed by atoms with Crippen molar-refractivity contribution in [2.75, 3.05) is 13.1 Å². The average Bonchev–Trinajstić information content (AvgIpc) is 3.23. The minimum absolute atomic E-state index is 0.219. The number of carbonyl (C=O) groups is 1. The summed E-state index contributed by atoms with van der Waals surface area (Å²) in [5, 5.41) is 3.30. The summed E-state index contributed by atoms with van der Waals surface area (Å²) < 4.78 is 52.8. The number of nitrogens with zero attached hydrogens (tertiary/aromatic N) is 4. The van der Waals surface area contributed by atoms with Crippen LogP contribution in [0.4, 0.5) is 18.0 Å². The molecule has 0 unspecified atom stereocenters. The van der Waals surface area contributed by atoms with Crippen LogP contribution in [-0.2, 0) is 10.9 Å². The SMILES string of the molecule is CC(C)(C)OC(=O)N1CC[C@@H](Oc2ccc(-c3noc(C(F)(F)F)n3)cn2)C1. The van der Waals surface area contributed by atoms with E-state index in [2.05, 4.69) is 19.6 Å². The summed E-state index contributed by atoms with van der Waals surface area (Å²) in [6.07, 6.45) is -3.46. The lowest BCUT2D eigenvalue weighted by molar-refractivity contribution is -0.159. The number of rotatable bonds is 3. The number of ether oxygens (including phenoxy) is 2. The molecule has 1 amide bonds. The number of pyridine rings is 1. The molecule has 28 heavy (non-hydrogen) atoms. The smallest absolute Gasteiger partial charge is 0.471 e. The Balaban J connectivity index is 1.58. The van der Waals surface area contributed by atoms with Gasteiger partial charge in [-0.3, -0.25) is 0 Å². The van der Waals surface area contributed by atoms with Gasteiger partial charge in [0.2, 0.25) is 11.7 Å². The average molecular weight is 400 g/mol. The Labute approximate surface area is 158 Å². The van der Waals surface area contributed by atoms with Gasteiger partial charge in [-0.15, -0.1) is 0 Å². The van der Waals surface area contributed by atoms with Gasteiger partial charge in [0.25, 0.3) is 0 Å². The monoisotopic (exact) mass is 400 g/mol. The first-order chi connectivity index (χ1) is 13.0. The molecule has 0 aliphatic carbocycles. The number of amides is 1. The summed E-state index contributed by atoms with van der Waals surface area (Å²) in [5.41, 5.74) is -0.317. The lowest BCUT2D eigenvalue weighted by Gasteiger charge is -2.24. The highest BCUT2D eigenvalue weighted by Gasteiger charge is 2.38. The van der Waals surface area contributed by atoms with Gasteiger partial charge in [0.1, 0.15) is 11.7 Å². The lowest BCUT2D eigenvalue weighted by atomic mass is 10.2. The summed E-state index contributed by atoms with van der Waals surface area (Å²) in [5.74, 6) is -1.36. The first-order valence-electron chi connectivity index (χ1n) is 8.53. The lowest BCUT2D eigenvalue weighted by Crippen LogP contribution is -2.36. The van der Waals surface area contributed by atoms with E-state index >= 15 is 0 Å². The fourth-order valence-electron chi connectivity index (χ4n) is 2.53. The quantitative estimate of drug-likeness (QED) is 0.778. The van der Waals surface area contributed by atoms with Gasteiger partial charge in [-0.1, -0.05) is 5.16 Å². The zero-order valence-electron chi connectivity index (χ0n) is 15.5. The molecule has 1 fully saturated rings. The molecule has 2 aromatic rings. The Morgan fingerprint density at radius 1 is 1.29 bits per heavy atom. The molecule has 0 bridgehead atoms. The summed E-state index contributed by atoms with van der Waals surface area (Å²) >= 11 is 0. The first kappa shape index (κ1) is 19.9. The van der Waals surface area contributed by atoms with E-state index in [1.165, 1.54) is 18.3 Å². The molecule has 0 aromatic carbocycles.